The number of nitrogens with two attached hydrogens (primary N) is 1. The van der Waals surface area contributed by atoms with E-state index in [0.717, 1.165) is 12.8 Å². The van der Waals surface area contributed by atoms with Crippen molar-refractivity contribution in [3.8, 4) is 0 Å². The lowest BCUT2D eigenvalue weighted by atomic mass is 10.0. The smallest absolute Gasteiger partial charge is 0.255 e. The van der Waals surface area contributed by atoms with Crippen LogP contribution in [0.15, 0.2) is 0 Å². The van der Waals surface area contributed by atoms with Crippen molar-refractivity contribution in [1.29, 1.82) is 0 Å². The molecule has 15 heavy (non-hydrogen) atoms. The molecular weight excluding hydrogens is 202 g/mol. The van der Waals surface area contributed by atoms with Crippen LogP contribution < -0.4 is 11.1 Å². The largest absolute Gasteiger partial charge is 0.350 e. The zero-order chi connectivity index (χ0) is 11.8. The van der Waals surface area contributed by atoms with E-state index in [0.29, 0.717) is 6.42 Å². The third kappa shape index (κ3) is 8.30. The lowest BCUT2D eigenvalue weighted by Crippen LogP contribution is -2.33. The lowest BCUT2D eigenvalue weighted by molar-refractivity contribution is -0.125. The van der Waals surface area contributed by atoms with Crippen LogP contribution in [0.5, 0.6) is 0 Å². The van der Waals surface area contributed by atoms with Gasteiger partial charge in [-0.15, -0.1) is 0 Å². The summed E-state index contributed by atoms with van der Waals surface area (Å²) in [6.07, 6.45) is -0.0884. The van der Waals surface area contributed by atoms with Gasteiger partial charge in [0.2, 0.25) is 5.91 Å². The normalized spacial score (nSPS) is 15.1. The average Bonchev–Trinajstić information content (AvgIpc) is 2.13. The Balaban J connectivity index is 3.60. The Labute approximate surface area is 89.4 Å². The molecular formula is C10H20F2N2O. The van der Waals surface area contributed by atoms with Gasteiger partial charge in [-0.05, 0) is 19.8 Å². The van der Waals surface area contributed by atoms with E-state index < -0.39 is 13.0 Å². The van der Waals surface area contributed by atoms with Gasteiger partial charge in [-0.2, -0.15) is 0 Å². The Bertz CT molecular complexity index is 186. The second kappa shape index (κ2) is 7.56. The monoisotopic (exact) mass is 222 g/mol. The highest BCUT2D eigenvalue weighted by atomic mass is 19.3. The van der Waals surface area contributed by atoms with Crippen molar-refractivity contribution < 1.29 is 13.6 Å². The fourth-order valence-corrected chi connectivity index (χ4v) is 1.23. The van der Waals surface area contributed by atoms with Crippen molar-refractivity contribution in [1.82, 2.24) is 5.32 Å². The summed E-state index contributed by atoms with van der Waals surface area (Å²) < 4.78 is 23.6. The molecule has 0 aromatic carbocycles. The summed E-state index contributed by atoms with van der Waals surface area (Å²) in [5.74, 6) is -0.525. The predicted octanol–water partition coefficient (Wildman–Crippen LogP) is 1.52. The molecule has 1 amide bonds. The molecule has 5 heteroatoms. The number of carbonyl (C=O) groups is 1. The highest BCUT2D eigenvalue weighted by Crippen LogP contribution is 2.09. The zero-order valence-electron chi connectivity index (χ0n) is 9.30. The van der Waals surface area contributed by atoms with Crippen LogP contribution >= 0.6 is 0 Å². The van der Waals surface area contributed by atoms with Crippen LogP contribution in [0.3, 0.4) is 0 Å². The Kier molecular flexibility index (Phi) is 7.21. The van der Waals surface area contributed by atoms with Gasteiger partial charge in [0.1, 0.15) is 0 Å². The van der Waals surface area contributed by atoms with Gasteiger partial charge in [-0.3, -0.25) is 4.79 Å². The van der Waals surface area contributed by atoms with Crippen LogP contribution in [0.1, 0.15) is 33.1 Å². The van der Waals surface area contributed by atoms with Gasteiger partial charge in [-0.25, -0.2) is 8.78 Å². The van der Waals surface area contributed by atoms with E-state index in [1.54, 1.807) is 6.92 Å². The van der Waals surface area contributed by atoms with Gasteiger partial charge in [0.25, 0.3) is 6.43 Å². The molecule has 0 rings (SSSR count). The Hall–Kier alpha value is -0.710. The van der Waals surface area contributed by atoms with Crippen molar-refractivity contribution >= 4 is 5.91 Å². The van der Waals surface area contributed by atoms with Gasteiger partial charge in [-0.1, -0.05) is 13.3 Å². The quantitative estimate of drug-likeness (QED) is 0.686. The number of amides is 1. The number of rotatable bonds is 7. The topological polar surface area (TPSA) is 55.1 Å². The van der Waals surface area contributed by atoms with Crippen molar-refractivity contribution in [2.75, 3.05) is 6.54 Å². The number of alkyl halides is 2. The van der Waals surface area contributed by atoms with Gasteiger partial charge >= 0.3 is 0 Å². The first-order chi connectivity index (χ1) is 6.93. The van der Waals surface area contributed by atoms with Crippen LogP contribution in [-0.2, 0) is 4.79 Å². The second-order valence-electron chi connectivity index (χ2n) is 3.95. The molecule has 0 fully saturated rings. The summed E-state index contributed by atoms with van der Waals surface area (Å²) >= 11 is 0. The molecule has 0 radical (unpaired) electrons. The molecule has 0 saturated carbocycles. The first kappa shape index (κ1) is 14.3. The number of nitrogens with one attached hydrogen (secondary N) is 1. The molecule has 0 aliphatic rings. The molecule has 3 N–H and O–H groups in total. The minimum Gasteiger partial charge on any atom is -0.350 e. The maximum atomic E-state index is 11.8. The first-order valence-electron chi connectivity index (χ1n) is 5.25. The zero-order valence-corrected chi connectivity index (χ0v) is 9.30. The van der Waals surface area contributed by atoms with Crippen molar-refractivity contribution in [2.45, 2.75) is 45.6 Å². The molecule has 0 heterocycles. The van der Waals surface area contributed by atoms with E-state index >= 15 is 0 Å². The van der Waals surface area contributed by atoms with Gasteiger partial charge in [0.05, 0.1) is 6.54 Å². The summed E-state index contributed by atoms with van der Waals surface area (Å²) in [5.41, 5.74) is 5.55. The lowest BCUT2D eigenvalue weighted by Gasteiger charge is -2.12. The molecule has 2 atom stereocenters. The predicted molar refractivity (Wildman–Crippen MR) is 55.7 cm³/mol. The van der Waals surface area contributed by atoms with E-state index in [9.17, 15) is 13.6 Å². The van der Waals surface area contributed by atoms with Crippen molar-refractivity contribution in [2.24, 2.45) is 11.7 Å². The molecule has 0 aromatic rings. The molecule has 0 aromatic heterocycles. The highest BCUT2D eigenvalue weighted by Gasteiger charge is 2.14. The number of halogens is 2. The van der Waals surface area contributed by atoms with Crippen LogP contribution in [-0.4, -0.2) is 24.9 Å². The van der Waals surface area contributed by atoms with E-state index in [2.05, 4.69) is 5.32 Å². The molecule has 2 unspecified atom stereocenters. The Morgan fingerprint density at radius 2 is 1.93 bits per heavy atom. The third-order valence-electron chi connectivity index (χ3n) is 2.17. The molecule has 0 spiro atoms. The van der Waals surface area contributed by atoms with Crippen molar-refractivity contribution in [3.63, 3.8) is 0 Å². The summed E-state index contributed by atoms with van der Waals surface area (Å²) in [6.45, 7) is 3.08. The van der Waals surface area contributed by atoms with Gasteiger partial charge < -0.3 is 11.1 Å². The number of hydrogen-bond acceptors (Lipinski definition) is 2. The highest BCUT2D eigenvalue weighted by molar-refractivity contribution is 5.78. The van der Waals surface area contributed by atoms with Crippen LogP contribution in [0.2, 0.25) is 0 Å². The SMILES string of the molecule is CC(N)CCCC(C)C(=O)NCC(F)F. The number of hydrogen-bond donors (Lipinski definition) is 2. The third-order valence-corrected chi connectivity index (χ3v) is 2.17. The maximum Gasteiger partial charge on any atom is 0.255 e. The van der Waals surface area contributed by atoms with Gasteiger partial charge in [0, 0.05) is 12.0 Å². The van der Waals surface area contributed by atoms with Crippen LogP contribution in [0, 0.1) is 5.92 Å². The summed E-state index contributed by atoms with van der Waals surface area (Å²) in [4.78, 5) is 11.2. The standard InChI is InChI=1S/C10H20F2N2O/c1-7(4-3-5-8(2)13)10(15)14-6-9(11)12/h7-9H,3-6,13H2,1-2H3,(H,14,15). The van der Waals surface area contributed by atoms with Gasteiger partial charge in [0.15, 0.2) is 0 Å². The molecule has 90 valence electrons. The van der Waals surface area contributed by atoms with Crippen LogP contribution in [0.25, 0.3) is 0 Å². The summed E-state index contributed by atoms with van der Waals surface area (Å²) in [7, 11) is 0. The first-order valence-corrected chi connectivity index (χ1v) is 5.25. The van der Waals surface area contributed by atoms with E-state index in [4.69, 9.17) is 5.73 Å². The minimum absolute atomic E-state index is 0.126. The molecule has 0 saturated heterocycles. The summed E-state index contributed by atoms with van der Waals surface area (Å²) in [5, 5.41) is 2.20. The molecule has 0 aliphatic heterocycles. The maximum absolute atomic E-state index is 11.8. The average molecular weight is 222 g/mol. The summed E-state index contributed by atoms with van der Waals surface area (Å²) in [6, 6.07) is 0.126. The number of carbonyl (C=O) groups excluding carboxylic acids is 1. The van der Waals surface area contributed by atoms with E-state index in [1.165, 1.54) is 0 Å². The molecule has 3 nitrogen and oxygen atoms in total. The minimum atomic E-state index is -2.48. The Morgan fingerprint density at radius 1 is 1.33 bits per heavy atom. The Morgan fingerprint density at radius 3 is 2.40 bits per heavy atom. The fourth-order valence-electron chi connectivity index (χ4n) is 1.23. The van der Waals surface area contributed by atoms with Crippen LogP contribution in [0.4, 0.5) is 8.78 Å². The van der Waals surface area contributed by atoms with E-state index in [1.807, 2.05) is 6.92 Å². The van der Waals surface area contributed by atoms with E-state index in [-0.39, 0.29) is 17.9 Å². The molecule has 0 aliphatic carbocycles. The second-order valence-corrected chi connectivity index (χ2v) is 3.95. The molecule has 0 bridgehead atoms. The fraction of sp³-hybridized carbons (Fsp3) is 0.900. The van der Waals surface area contributed by atoms with Crippen molar-refractivity contribution in [3.05, 3.63) is 0 Å².